The average molecular weight is 286 g/mol. The summed E-state index contributed by atoms with van der Waals surface area (Å²) in [7, 11) is 0. The van der Waals surface area contributed by atoms with Crippen LogP contribution < -0.4 is 5.32 Å². The Kier molecular flexibility index (Phi) is 4.23. The number of rotatable bonds is 3. The number of carbonyl (C=O) groups is 2. The van der Waals surface area contributed by atoms with Gasteiger partial charge < -0.3 is 5.32 Å². The van der Waals surface area contributed by atoms with Crippen molar-refractivity contribution >= 4 is 11.9 Å². The molecular formula is C17H22N2O2. The second-order valence-electron chi connectivity index (χ2n) is 6.07. The van der Waals surface area contributed by atoms with Gasteiger partial charge >= 0.3 is 6.03 Å². The molecule has 2 fully saturated rings. The summed E-state index contributed by atoms with van der Waals surface area (Å²) >= 11 is 0. The number of urea groups is 1. The number of likely N-dealkylation sites (tertiary alicyclic amines) is 1. The fraction of sp³-hybridized carbons (Fsp3) is 0.529. The first-order valence-corrected chi connectivity index (χ1v) is 7.89. The number of hydrogen-bond donors (Lipinski definition) is 1. The van der Waals surface area contributed by atoms with E-state index in [1.165, 1.54) is 16.9 Å². The molecule has 1 saturated heterocycles. The predicted molar refractivity (Wildman–Crippen MR) is 80.7 cm³/mol. The number of fused-ring (bicyclic) bond motifs is 1. The summed E-state index contributed by atoms with van der Waals surface area (Å²) in [5.41, 5.74) is 1.19. The third-order valence-corrected chi connectivity index (χ3v) is 4.69. The number of amides is 3. The van der Waals surface area contributed by atoms with Gasteiger partial charge in [-0.3, -0.25) is 9.69 Å². The number of hydrogen-bond acceptors (Lipinski definition) is 2. The van der Waals surface area contributed by atoms with Crippen molar-refractivity contribution in [3.05, 3.63) is 35.9 Å². The van der Waals surface area contributed by atoms with Crippen LogP contribution in [-0.2, 0) is 11.2 Å². The van der Waals surface area contributed by atoms with Gasteiger partial charge in [0, 0.05) is 19.0 Å². The lowest BCUT2D eigenvalue weighted by molar-refractivity contribution is -0.129. The lowest BCUT2D eigenvalue weighted by Gasteiger charge is -2.21. The Morgan fingerprint density at radius 2 is 1.95 bits per heavy atom. The van der Waals surface area contributed by atoms with Gasteiger partial charge in [-0.15, -0.1) is 0 Å². The molecule has 2 aliphatic rings. The van der Waals surface area contributed by atoms with Gasteiger partial charge in [0.1, 0.15) is 0 Å². The number of carbonyl (C=O) groups excluding carboxylic acids is 2. The molecule has 1 saturated carbocycles. The van der Waals surface area contributed by atoms with E-state index in [-0.39, 0.29) is 17.9 Å². The van der Waals surface area contributed by atoms with Crippen molar-refractivity contribution in [2.45, 2.75) is 32.1 Å². The van der Waals surface area contributed by atoms with Gasteiger partial charge in [-0.1, -0.05) is 43.2 Å². The van der Waals surface area contributed by atoms with Gasteiger partial charge in [0.2, 0.25) is 5.91 Å². The van der Waals surface area contributed by atoms with Crippen LogP contribution in [0.2, 0.25) is 0 Å². The van der Waals surface area contributed by atoms with Crippen molar-refractivity contribution in [2.24, 2.45) is 11.8 Å². The van der Waals surface area contributed by atoms with Crippen LogP contribution in [0.25, 0.3) is 0 Å². The molecule has 1 heterocycles. The number of nitrogens with zero attached hydrogens (tertiary/aromatic N) is 1. The van der Waals surface area contributed by atoms with Crippen LogP contribution in [0.15, 0.2) is 30.3 Å². The van der Waals surface area contributed by atoms with E-state index in [0.29, 0.717) is 19.0 Å². The van der Waals surface area contributed by atoms with Crippen molar-refractivity contribution in [1.82, 2.24) is 10.2 Å². The molecule has 2 unspecified atom stereocenters. The summed E-state index contributed by atoms with van der Waals surface area (Å²) in [6.07, 6.45) is 5.15. The van der Waals surface area contributed by atoms with E-state index in [1.807, 2.05) is 30.3 Å². The largest absolute Gasteiger partial charge is 0.337 e. The van der Waals surface area contributed by atoms with Gasteiger partial charge in [-0.05, 0) is 30.7 Å². The zero-order valence-electron chi connectivity index (χ0n) is 12.3. The molecule has 0 radical (unpaired) electrons. The number of imide groups is 1. The monoisotopic (exact) mass is 286 g/mol. The van der Waals surface area contributed by atoms with Crippen molar-refractivity contribution < 1.29 is 9.59 Å². The van der Waals surface area contributed by atoms with Gasteiger partial charge in [0.25, 0.3) is 0 Å². The van der Waals surface area contributed by atoms with Gasteiger partial charge in [-0.2, -0.15) is 0 Å². The van der Waals surface area contributed by atoms with E-state index in [1.54, 1.807) is 0 Å². The van der Waals surface area contributed by atoms with Crippen molar-refractivity contribution in [3.8, 4) is 0 Å². The third-order valence-electron chi connectivity index (χ3n) is 4.69. The first-order chi connectivity index (χ1) is 10.3. The highest BCUT2D eigenvalue weighted by Gasteiger charge is 2.43. The predicted octanol–water partition coefficient (Wildman–Crippen LogP) is 2.59. The quantitative estimate of drug-likeness (QED) is 0.928. The Bertz CT molecular complexity index is 515. The minimum atomic E-state index is -0.217. The molecule has 1 aliphatic carbocycles. The highest BCUT2D eigenvalue weighted by molar-refractivity contribution is 5.97. The molecule has 0 bridgehead atoms. The summed E-state index contributed by atoms with van der Waals surface area (Å²) in [5, 5.41) is 2.88. The van der Waals surface area contributed by atoms with E-state index in [2.05, 4.69) is 5.32 Å². The Balaban J connectivity index is 1.50. The number of benzene rings is 1. The minimum absolute atomic E-state index is 0.0388. The van der Waals surface area contributed by atoms with E-state index >= 15 is 0 Å². The molecule has 4 heteroatoms. The van der Waals surface area contributed by atoms with Crippen LogP contribution in [0, 0.1) is 11.8 Å². The average Bonchev–Trinajstić information content (AvgIpc) is 2.86. The normalized spacial score (nSPS) is 24.8. The van der Waals surface area contributed by atoms with Crippen molar-refractivity contribution in [1.29, 1.82) is 0 Å². The molecule has 0 aromatic heterocycles. The van der Waals surface area contributed by atoms with Crippen LogP contribution in [-0.4, -0.2) is 29.9 Å². The molecule has 112 valence electrons. The highest BCUT2D eigenvalue weighted by Crippen LogP contribution is 2.36. The lowest BCUT2D eigenvalue weighted by atomic mass is 9.81. The second-order valence-corrected chi connectivity index (χ2v) is 6.07. The fourth-order valence-electron chi connectivity index (χ4n) is 3.51. The Morgan fingerprint density at radius 1 is 1.19 bits per heavy atom. The van der Waals surface area contributed by atoms with E-state index in [0.717, 1.165) is 25.7 Å². The molecule has 1 aliphatic heterocycles. The minimum Gasteiger partial charge on any atom is -0.337 e. The molecule has 2 atom stereocenters. The molecule has 3 rings (SSSR count). The lowest BCUT2D eigenvalue weighted by Crippen LogP contribution is -2.42. The summed E-state index contributed by atoms with van der Waals surface area (Å²) in [6.45, 7) is 1.18. The molecule has 1 aromatic carbocycles. The number of nitrogens with one attached hydrogen (secondary N) is 1. The zero-order valence-corrected chi connectivity index (χ0v) is 12.3. The smallest absolute Gasteiger partial charge is 0.324 e. The molecule has 1 N–H and O–H groups in total. The highest BCUT2D eigenvalue weighted by atomic mass is 16.2. The molecule has 0 spiro atoms. The van der Waals surface area contributed by atoms with Crippen molar-refractivity contribution in [2.75, 3.05) is 13.1 Å². The summed E-state index contributed by atoms with van der Waals surface area (Å²) < 4.78 is 0. The molecule has 3 amide bonds. The summed E-state index contributed by atoms with van der Waals surface area (Å²) in [4.78, 5) is 25.9. The van der Waals surface area contributed by atoms with Crippen LogP contribution in [0.3, 0.4) is 0 Å². The topological polar surface area (TPSA) is 49.4 Å². The Morgan fingerprint density at radius 3 is 2.71 bits per heavy atom. The van der Waals surface area contributed by atoms with Crippen LogP contribution in [0.4, 0.5) is 4.79 Å². The summed E-state index contributed by atoms with van der Waals surface area (Å²) in [6, 6.07) is 9.83. The fourth-order valence-corrected chi connectivity index (χ4v) is 3.51. The van der Waals surface area contributed by atoms with Gasteiger partial charge in [-0.25, -0.2) is 4.79 Å². The second kappa shape index (κ2) is 6.29. The summed E-state index contributed by atoms with van der Waals surface area (Å²) in [5.74, 6) is 0.529. The Labute approximate surface area is 125 Å². The maximum atomic E-state index is 12.3. The standard InChI is InChI=1S/C17H22N2O2/c20-16-15-9-5-4-8-14(15)12-19(16)17(21)18-11-10-13-6-2-1-3-7-13/h1-3,6-7,14-15H,4-5,8-12H2,(H,18,21). The van der Waals surface area contributed by atoms with Crippen molar-refractivity contribution in [3.63, 3.8) is 0 Å². The Hall–Kier alpha value is -1.84. The third kappa shape index (κ3) is 3.09. The maximum Gasteiger partial charge on any atom is 0.324 e. The van der Waals surface area contributed by atoms with E-state index < -0.39 is 0 Å². The van der Waals surface area contributed by atoms with Crippen LogP contribution in [0.1, 0.15) is 31.2 Å². The van der Waals surface area contributed by atoms with Crippen LogP contribution in [0.5, 0.6) is 0 Å². The molecular weight excluding hydrogens is 264 g/mol. The first kappa shape index (κ1) is 14.1. The van der Waals surface area contributed by atoms with Gasteiger partial charge in [0.15, 0.2) is 0 Å². The SMILES string of the molecule is O=C(NCCc1ccccc1)N1CC2CCCCC2C1=O. The zero-order chi connectivity index (χ0) is 14.7. The molecule has 1 aromatic rings. The van der Waals surface area contributed by atoms with Crippen LogP contribution >= 0.6 is 0 Å². The van der Waals surface area contributed by atoms with E-state index in [4.69, 9.17) is 0 Å². The van der Waals surface area contributed by atoms with Gasteiger partial charge in [0.05, 0.1) is 0 Å². The van der Waals surface area contributed by atoms with E-state index in [9.17, 15) is 9.59 Å². The first-order valence-electron chi connectivity index (χ1n) is 7.89. The molecule has 21 heavy (non-hydrogen) atoms. The maximum absolute atomic E-state index is 12.3. The molecule has 4 nitrogen and oxygen atoms in total.